The van der Waals surface area contributed by atoms with Crippen LogP contribution in [0.5, 0.6) is 0 Å². The van der Waals surface area contributed by atoms with Crippen molar-refractivity contribution in [1.29, 1.82) is 0 Å². The molecule has 0 radical (unpaired) electrons. The van der Waals surface area contributed by atoms with E-state index >= 15 is 0 Å². The number of hydrogen-bond acceptors (Lipinski definition) is 5. The normalized spacial score (nSPS) is 21.3. The first-order valence-electron chi connectivity index (χ1n) is 8.65. The fourth-order valence-corrected chi connectivity index (χ4v) is 6.37. The average Bonchev–Trinajstić information content (AvgIpc) is 3.13. The number of amides is 1. The molecule has 2 fully saturated rings. The number of piperazine rings is 1. The number of rotatable bonds is 6. The summed E-state index contributed by atoms with van der Waals surface area (Å²) in [6, 6.07) is 4.04. The predicted molar refractivity (Wildman–Crippen MR) is 108 cm³/mol. The summed E-state index contributed by atoms with van der Waals surface area (Å²) in [6.07, 6.45) is 7.38. The maximum Gasteiger partial charge on any atom is 0.222 e. The van der Waals surface area contributed by atoms with Crippen LogP contribution in [0.1, 0.15) is 32.1 Å². The molecule has 4 nitrogen and oxygen atoms in total. The van der Waals surface area contributed by atoms with E-state index < -0.39 is 0 Å². The van der Waals surface area contributed by atoms with E-state index in [0.717, 1.165) is 48.1 Å². The first-order valence-corrected chi connectivity index (χ1v) is 11.8. The number of nitrogens with zero attached hydrogens (tertiary/aromatic N) is 3. The number of aromatic nitrogens is 1. The minimum atomic E-state index is 0.326. The number of halogens is 1. The molecular weight excluding hydrogens is 406 g/mol. The van der Waals surface area contributed by atoms with Gasteiger partial charge in [0.05, 0.1) is 0 Å². The van der Waals surface area contributed by atoms with Crippen LogP contribution in [-0.2, 0) is 4.79 Å². The third-order valence-corrected chi connectivity index (χ3v) is 8.04. The van der Waals surface area contributed by atoms with E-state index in [1.54, 1.807) is 0 Å². The Balaban J connectivity index is 1.34. The lowest BCUT2D eigenvalue weighted by atomic mass is 10.1. The molecule has 0 aromatic carbocycles. The van der Waals surface area contributed by atoms with Crippen molar-refractivity contribution < 1.29 is 4.79 Å². The van der Waals surface area contributed by atoms with Crippen LogP contribution in [0.2, 0.25) is 0 Å². The van der Waals surface area contributed by atoms with E-state index in [4.69, 9.17) is 0 Å². The van der Waals surface area contributed by atoms with Gasteiger partial charge in [-0.3, -0.25) is 4.79 Å². The van der Waals surface area contributed by atoms with Crippen LogP contribution in [0.3, 0.4) is 0 Å². The molecule has 0 spiro atoms. The minimum absolute atomic E-state index is 0.326. The molecule has 3 rings (SSSR count). The Morgan fingerprint density at radius 2 is 2.08 bits per heavy atom. The second-order valence-electron chi connectivity index (χ2n) is 6.28. The van der Waals surface area contributed by atoms with Gasteiger partial charge in [-0.1, -0.05) is 28.0 Å². The first-order chi connectivity index (χ1) is 11.7. The second-order valence-corrected chi connectivity index (χ2v) is 9.98. The monoisotopic (exact) mass is 429 g/mol. The van der Waals surface area contributed by atoms with Gasteiger partial charge in [0.1, 0.15) is 5.82 Å². The summed E-state index contributed by atoms with van der Waals surface area (Å²) in [5.74, 6) is 2.62. The van der Waals surface area contributed by atoms with Gasteiger partial charge in [-0.15, -0.1) is 0 Å². The molecule has 1 aromatic rings. The summed E-state index contributed by atoms with van der Waals surface area (Å²) in [7, 11) is 4.03. The number of pyridine rings is 1. The van der Waals surface area contributed by atoms with Crippen LogP contribution >= 0.6 is 37.5 Å². The Hall–Kier alpha value is -0.400. The van der Waals surface area contributed by atoms with E-state index in [1.807, 2.05) is 44.8 Å². The Labute approximate surface area is 160 Å². The van der Waals surface area contributed by atoms with Gasteiger partial charge in [-0.2, -0.15) is 0 Å². The van der Waals surface area contributed by atoms with Crippen LogP contribution in [0.15, 0.2) is 22.8 Å². The highest BCUT2D eigenvalue weighted by molar-refractivity contribution is 9.10. The zero-order valence-electron chi connectivity index (χ0n) is 13.8. The molecule has 2 saturated heterocycles. The average molecular weight is 430 g/mol. The van der Waals surface area contributed by atoms with Crippen molar-refractivity contribution in [1.82, 2.24) is 9.88 Å². The van der Waals surface area contributed by atoms with E-state index in [9.17, 15) is 4.79 Å². The van der Waals surface area contributed by atoms with Crippen molar-refractivity contribution >= 4 is 49.2 Å². The van der Waals surface area contributed by atoms with Gasteiger partial charge in [0, 0.05) is 54.3 Å². The molecule has 0 saturated carbocycles. The van der Waals surface area contributed by atoms with Gasteiger partial charge < -0.3 is 9.80 Å². The van der Waals surface area contributed by atoms with Crippen LogP contribution in [0.25, 0.3) is 0 Å². The molecule has 132 valence electrons. The van der Waals surface area contributed by atoms with Gasteiger partial charge in [-0.05, 0) is 47.3 Å². The minimum Gasteiger partial charge on any atom is -0.353 e. The standard InChI is InChI=1S/C17H24BrN3OS2/c18-14-5-6-16(19-13-14)20-8-10-21(11-9-20)17(22)4-2-1-3-15-7-12-23-24-15/h5-6,13,15H,1-4,7-12H2. The van der Waals surface area contributed by atoms with E-state index in [0.29, 0.717) is 12.3 Å². The van der Waals surface area contributed by atoms with Crippen molar-refractivity contribution in [2.24, 2.45) is 0 Å². The quantitative estimate of drug-likeness (QED) is 0.499. The van der Waals surface area contributed by atoms with Crippen molar-refractivity contribution in [3.63, 3.8) is 0 Å². The summed E-state index contributed by atoms with van der Waals surface area (Å²) in [6.45, 7) is 3.37. The zero-order chi connectivity index (χ0) is 16.8. The van der Waals surface area contributed by atoms with E-state index in [-0.39, 0.29) is 0 Å². The first kappa shape index (κ1) is 18.4. The molecule has 1 unspecified atom stereocenters. The highest BCUT2D eigenvalue weighted by Crippen LogP contribution is 2.39. The summed E-state index contributed by atoms with van der Waals surface area (Å²) >= 11 is 3.41. The highest BCUT2D eigenvalue weighted by Gasteiger charge is 2.22. The van der Waals surface area contributed by atoms with Gasteiger partial charge in [0.2, 0.25) is 5.91 Å². The van der Waals surface area contributed by atoms with Crippen LogP contribution in [0.4, 0.5) is 5.82 Å². The van der Waals surface area contributed by atoms with Crippen molar-refractivity contribution in [3.05, 3.63) is 22.8 Å². The van der Waals surface area contributed by atoms with E-state index in [1.165, 1.54) is 25.0 Å². The highest BCUT2D eigenvalue weighted by atomic mass is 79.9. The largest absolute Gasteiger partial charge is 0.353 e. The van der Waals surface area contributed by atoms with Crippen molar-refractivity contribution in [3.8, 4) is 0 Å². The molecule has 24 heavy (non-hydrogen) atoms. The topological polar surface area (TPSA) is 36.4 Å². The Morgan fingerprint density at radius 3 is 2.75 bits per heavy atom. The number of anilines is 1. The van der Waals surface area contributed by atoms with Gasteiger partial charge >= 0.3 is 0 Å². The third-order valence-electron chi connectivity index (χ3n) is 4.56. The molecule has 2 aliphatic heterocycles. The molecule has 3 heterocycles. The molecule has 0 bridgehead atoms. The van der Waals surface area contributed by atoms with Gasteiger partial charge in [0.15, 0.2) is 0 Å². The number of carbonyl (C=O) groups excluding carboxylic acids is 1. The molecule has 0 aliphatic carbocycles. The van der Waals surface area contributed by atoms with Gasteiger partial charge in [-0.25, -0.2) is 4.98 Å². The fourth-order valence-electron chi connectivity index (χ4n) is 3.11. The summed E-state index contributed by atoms with van der Waals surface area (Å²) in [5, 5.41) is 0.826. The lowest BCUT2D eigenvalue weighted by Gasteiger charge is -2.35. The fraction of sp³-hybridized carbons (Fsp3) is 0.647. The maximum atomic E-state index is 12.4. The summed E-state index contributed by atoms with van der Waals surface area (Å²) in [5.41, 5.74) is 0. The SMILES string of the molecule is O=C(CCCCC1CCSS1)N1CCN(c2ccc(Br)cn2)CC1. The molecule has 1 amide bonds. The smallest absolute Gasteiger partial charge is 0.222 e. The Morgan fingerprint density at radius 1 is 1.25 bits per heavy atom. The van der Waals surface area contributed by atoms with Gasteiger partial charge in [0.25, 0.3) is 0 Å². The summed E-state index contributed by atoms with van der Waals surface area (Å²) < 4.78 is 0.995. The second kappa shape index (κ2) is 9.34. The molecular formula is C17H24BrN3OS2. The molecule has 2 aliphatic rings. The number of carbonyl (C=O) groups is 1. The number of unbranched alkanes of at least 4 members (excludes halogenated alkanes) is 1. The number of hydrogen-bond donors (Lipinski definition) is 0. The van der Waals surface area contributed by atoms with Crippen LogP contribution in [0, 0.1) is 0 Å². The van der Waals surface area contributed by atoms with Crippen molar-refractivity contribution in [2.45, 2.75) is 37.4 Å². The third kappa shape index (κ3) is 5.30. The molecule has 1 atom stereocenters. The summed E-state index contributed by atoms with van der Waals surface area (Å²) in [4.78, 5) is 21.1. The lowest BCUT2D eigenvalue weighted by molar-refractivity contribution is -0.131. The molecule has 7 heteroatoms. The van der Waals surface area contributed by atoms with E-state index in [2.05, 4.69) is 25.8 Å². The van der Waals surface area contributed by atoms with Crippen molar-refractivity contribution in [2.75, 3.05) is 36.8 Å². The predicted octanol–water partition coefficient (Wildman–Crippen LogP) is 4.21. The Bertz CT molecular complexity index is 529. The van der Waals surface area contributed by atoms with Crippen LogP contribution in [-0.4, -0.2) is 53.0 Å². The van der Waals surface area contributed by atoms with Crippen LogP contribution < -0.4 is 4.90 Å². The zero-order valence-corrected chi connectivity index (χ0v) is 17.0. The maximum absolute atomic E-state index is 12.4. The lowest BCUT2D eigenvalue weighted by Crippen LogP contribution is -2.49. The Kier molecular flexibility index (Phi) is 7.16. The molecule has 0 N–H and O–H groups in total. The molecule has 1 aromatic heterocycles.